The molecule has 4 N–H and O–H groups in total. The third-order valence-electron chi connectivity index (χ3n) is 3.30. The van der Waals surface area contributed by atoms with Gasteiger partial charge in [0, 0.05) is 0 Å². The zero-order chi connectivity index (χ0) is 11.1. The normalized spacial score (nSPS) is 38.2. The lowest BCUT2D eigenvalue weighted by atomic mass is 9.82. The molecule has 0 aliphatic heterocycles. The molecule has 1 rings (SSSR count). The van der Waals surface area contributed by atoms with E-state index in [9.17, 15) is 9.90 Å². The van der Waals surface area contributed by atoms with E-state index in [2.05, 4.69) is 0 Å². The number of hydrogen-bond acceptors (Lipinski definition) is 3. The van der Waals surface area contributed by atoms with Gasteiger partial charge in [-0.1, -0.05) is 20.8 Å². The second-order valence-electron chi connectivity index (χ2n) is 5.30. The van der Waals surface area contributed by atoms with Crippen LogP contribution in [0.5, 0.6) is 0 Å². The number of aliphatic hydroxyl groups excluding tert-OH is 1. The first kappa shape index (κ1) is 11.5. The van der Waals surface area contributed by atoms with E-state index in [1.165, 1.54) is 0 Å². The number of aliphatic carboxylic acids is 1. The fourth-order valence-electron chi connectivity index (χ4n) is 2.69. The summed E-state index contributed by atoms with van der Waals surface area (Å²) in [4.78, 5) is 10.7. The van der Waals surface area contributed by atoms with Crippen molar-refractivity contribution in [1.29, 1.82) is 0 Å². The van der Waals surface area contributed by atoms with Crippen molar-refractivity contribution < 1.29 is 15.0 Å². The molecule has 0 amide bonds. The Hall–Kier alpha value is -0.610. The van der Waals surface area contributed by atoms with Gasteiger partial charge in [-0.15, -0.1) is 0 Å². The number of hydrogen-bond donors (Lipinski definition) is 3. The standard InChI is InChI=1S/C10H19NO3/c1-6-4-9(2,3)5-10(6,11)7(12)8(13)14/h6-7,12H,4-5,11H2,1-3H3,(H,13,14). The monoisotopic (exact) mass is 201 g/mol. The van der Waals surface area contributed by atoms with Gasteiger partial charge in [0.2, 0.25) is 0 Å². The zero-order valence-corrected chi connectivity index (χ0v) is 8.95. The van der Waals surface area contributed by atoms with E-state index in [1.807, 2.05) is 20.8 Å². The Labute approximate surface area is 84.1 Å². The second kappa shape index (κ2) is 3.21. The van der Waals surface area contributed by atoms with Crippen LogP contribution in [0.2, 0.25) is 0 Å². The summed E-state index contributed by atoms with van der Waals surface area (Å²) in [6, 6.07) is 0. The third-order valence-corrected chi connectivity index (χ3v) is 3.30. The molecule has 0 heterocycles. The lowest BCUT2D eigenvalue weighted by Gasteiger charge is -2.32. The zero-order valence-electron chi connectivity index (χ0n) is 8.95. The van der Waals surface area contributed by atoms with Crippen LogP contribution in [0.25, 0.3) is 0 Å². The molecule has 3 unspecified atom stereocenters. The molecule has 0 bridgehead atoms. The van der Waals surface area contributed by atoms with E-state index in [4.69, 9.17) is 10.8 Å². The molecular formula is C10H19NO3. The predicted molar refractivity (Wildman–Crippen MR) is 52.7 cm³/mol. The van der Waals surface area contributed by atoms with Gasteiger partial charge >= 0.3 is 5.97 Å². The topological polar surface area (TPSA) is 83.5 Å². The Morgan fingerprint density at radius 3 is 2.36 bits per heavy atom. The molecule has 0 aromatic heterocycles. The highest BCUT2D eigenvalue weighted by Gasteiger charge is 2.52. The van der Waals surface area contributed by atoms with Gasteiger partial charge in [0.1, 0.15) is 0 Å². The minimum Gasteiger partial charge on any atom is -0.479 e. The molecule has 82 valence electrons. The first-order valence-corrected chi connectivity index (χ1v) is 4.89. The van der Waals surface area contributed by atoms with Crippen molar-refractivity contribution in [3.8, 4) is 0 Å². The number of carboxylic acids is 1. The fourth-order valence-corrected chi connectivity index (χ4v) is 2.69. The summed E-state index contributed by atoms with van der Waals surface area (Å²) < 4.78 is 0. The van der Waals surface area contributed by atoms with Crippen LogP contribution in [-0.4, -0.2) is 27.8 Å². The first-order chi connectivity index (χ1) is 6.19. The summed E-state index contributed by atoms with van der Waals surface area (Å²) in [6.45, 7) is 6.00. The molecule has 0 aromatic carbocycles. The first-order valence-electron chi connectivity index (χ1n) is 4.89. The molecule has 1 fully saturated rings. The Morgan fingerprint density at radius 1 is 1.57 bits per heavy atom. The third kappa shape index (κ3) is 1.77. The summed E-state index contributed by atoms with van der Waals surface area (Å²) in [5.74, 6) is -1.19. The molecule has 0 saturated heterocycles. The van der Waals surface area contributed by atoms with Crippen LogP contribution >= 0.6 is 0 Å². The summed E-state index contributed by atoms with van der Waals surface area (Å²) in [5, 5.41) is 18.3. The smallest absolute Gasteiger partial charge is 0.334 e. The van der Waals surface area contributed by atoms with E-state index in [0.29, 0.717) is 6.42 Å². The van der Waals surface area contributed by atoms with E-state index in [-0.39, 0.29) is 11.3 Å². The Bertz CT molecular complexity index is 252. The molecule has 3 atom stereocenters. The molecule has 0 radical (unpaired) electrons. The fraction of sp³-hybridized carbons (Fsp3) is 0.900. The van der Waals surface area contributed by atoms with Gasteiger partial charge in [0.05, 0.1) is 5.54 Å². The second-order valence-corrected chi connectivity index (χ2v) is 5.30. The lowest BCUT2D eigenvalue weighted by Crippen LogP contribution is -2.56. The van der Waals surface area contributed by atoms with Crippen LogP contribution in [0.1, 0.15) is 33.6 Å². The summed E-state index contributed by atoms with van der Waals surface area (Å²) in [6.07, 6.45) is -0.0538. The molecule has 0 aromatic rings. The number of nitrogens with two attached hydrogens (primary N) is 1. The van der Waals surface area contributed by atoms with Crippen molar-refractivity contribution in [1.82, 2.24) is 0 Å². The van der Waals surface area contributed by atoms with Crippen LogP contribution in [0.3, 0.4) is 0 Å². The molecule has 1 aliphatic rings. The number of rotatable bonds is 2. The quantitative estimate of drug-likeness (QED) is 0.610. The van der Waals surface area contributed by atoms with Crippen molar-refractivity contribution in [2.24, 2.45) is 17.1 Å². The molecule has 4 heteroatoms. The predicted octanol–water partition coefficient (Wildman–Crippen LogP) is 0.586. The molecule has 14 heavy (non-hydrogen) atoms. The molecular weight excluding hydrogens is 182 g/mol. The maximum atomic E-state index is 10.7. The van der Waals surface area contributed by atoms with Crippen molar-refractivity contribution in [3.05, 3.63) is 0 Å². The van der Waals surface area contributed by atoms with Crippen LogP contribution in [0.4, 0.5) is 0 Å². The summed E-state index contributed by atoms with van der Waals surface area (Å²) in [7, 11) is 0. The average molecular weight is 201 g/mol. The minimum atomic E-state index is -1.46. The van der Waals surface area contributed by atoms with Crippen LogP contribution in [0, 0.1) is 11.3 Å². The van der Waals surface area contributed by atoms with Crippen LogP contribution in [-0.2, 0) is 4.79 Å². The van der Waals surface area contributed by atoms with E-state index >= 15 is 0 Å². The van der Waals surface area contributed by atoms with E-state index < -0.39 is 17.6 Å². The lowest BCUT2D eigenvalue weighted by molar-refractivity contribution is -0.151. The van der Waals surface area contributed by atoms with Crippen molar-refractivity contribution in [2.75, 3.05) is 0 Å². The Kier molecular flexibility index (Phi) is 2.63. The molecule has 1 saturated carbocycles. The SMILES string of the molecule is CC1CC(C)(C)CC1(N)C(O)C(=O)O. The molecule has 1 aliphatic carbocycles. The van der Waals surface area contributed by atoms with Gasteiger partial charge in [0.15, 0.2) is 6.10 Å². The van der Waals surface area contributed by atoms with Crippen LogP contribution in [0.15, 0.2) is 0 Å². The number of aliphatic hydroxyl groups is 1. The van der Waals surface area contributed by atoms with Gasteiger partial charge in [-0.05, 0) is 24.2 Å². The van der Waals surface area contributed by atoms with Gasteiger partial charge in [-0.25, -0.2) is 4.79 Å². The average Bonchev–Trinajstić information content (AvgIpc) is 2.20. The van der Waals surface area contributed by atoms with Crippen molar-refractivity contribution >= 4 is 5.97 Å². The van der Waals surface area contributed by atoms with Gasteiger partial charge < -0.3 is 15.9 Å². The Morgan fingerprint density at radius 2 is 2.07 bits per heavy atom. The number of carboxylic acid groups (broad SMARTS) is 1. The Balaban J connectivity index is 2.90. The highest BCUT2D eigenvalue weighted by molar-refractivity contribution is 5.74. The maximum Gasteiger partial charge on any atom is 0.334 e. The number of carbonyl (C=O) groups is 1. The van der Waals surface area contributed by atoms with E-state index in [0.717, 1.165) is 6.42 Å². The molecule has 4 nitrogen and oxygen atoms in total. The van der Waals surface area contributed by atoms with Gasteiger partial charge in [-0.2, -0.15) is 0 Å². The van der Waals surface area contributed by atoms with E-state index in [1.54, 1.807) is 0 Å². The summed E-state index contributed by atoms with van der Waals surface area (Å²) >= 11 is 0. The summed E-state index contributed by atoms with van der Waals surface area (Å²) in [5.41, 5.74) is 5.03. The highest BCUT2D eigenvalue weighted by atomic mass is 16.4. The van der Waals surface area contributed by atoms with Gasteiger partial charge in [0.25, 0.3) is 0 Å². The van der Waals surface area contributed by atoms with Crippen molar-refractivity contribution in [2.45, 2.75) is 45.3 Å². The minimum absolute atomic E-state index is 0.0184. The molecule has 0 spiro atoms. The van der Waals surface area contributed by atoms with Crippen LogP contribution < -0.4 is 5.73 Å². The largest absolute Gasteiger partial charge is 0.479 e. The van der Waals surface area contributed by atoms with Gasteiger partial charge in [-0.3, -0.25) is 0 Å². The van der Waals surface area contributed by atoms with Crippen molar-refractivity contribution in [3.63, 3.8) is 0 Å². The maximum absolute atomic E-state index is 10.7. The highest BCUT2D eigenvalue weighted by Crippen LogP contribution is 2.47.